The third-order valence-electron chi connectivity index (χ3n) is 3.55. The summed E-state index contributed by atoms with van der Waals surface area (Å²) < 4.78 is 0. The molecule has 2 atom stereocenters. The first-order chi connectivity index (χ1) is 6.80. The van der Waals surface area contributed by atoms with Gasteiger partial charge < -0.3 is 10.2 Å². The molecule has 1 aliphatic heterocycles. The first kappa shape index (κ1) is 12.0. The van der Waals surface area contributed by atoms with Crippen LogP contribution in [-0.2, 0) is 0 Å². The lowest BCUT2D eigenvalue weighted by atomic mass is 9.90. The maximum Gasteiger partial charge on any atom is 0.0197 e. The predicted octanol–water partition coefficient (Wildman–Crippen LogP) is 2.11. The summed E-state index contributed by atoms with van der Waals surface area (Å²) in [6.07, 6.45) is 4.12. The Bertz CT molecular complexity index is 143. The number of hydrogen-bond acceptors (Lipinski definition) is 2. The van der Waals surface area contributed by atoms with Crippen molar-refractivity contribution in [2.75, 3.05) is 26.2 Å². The fourth-order valence-electron chi connectivity index (χ4n) is 2.40. The molecule has 0 aromatic rings. The summed E-state index contributed by atoms with van der Waals surface area (Å²) in [5.74, 6) is 0.969. The quantitative estimate of drug-likeness (QED) is 0.728. The van der Waals surface area contributed by atoms with Crippen LogP contribution in [-0.4, -0.2) is 37.1 Å². The third-order valence-corrected chi connectivity index (χ3v) is 3.55. The van der Waals surface area contributed by atoms with E-state index >= 15 is 0 Å². The van der Waals surface area contributed by atoms with Gasteiger partial charge in [-0.15, -0.1) is 0 Å². The molecule has 1 heterocycles. The standard InChI is InChI=1S/C12H26N2/c1-4-11-7-8-13-12(9-11)10-14(5-2)6-3/h11-13H,4-10H2,1-3H3. The van der Waals surface area contributed by atoms with Crippen LogP contribution < -0.4 is 5.32 Å². The Hall–Kier alpha value is -0.0800. The van der Waals surface area contributed by atoms with Crippen LogP contribution in [0.15, 0.2) is 0 Å². The second-order valence-electron chi connectivity index (χ2n) is 4.44. The molecule has 1 saturated heterocycles. The highest BCUT2D eigenvalue weighted by Gasteiger charge is 2.21. The fourth-order valence-corrected chi connectivity index (χ4v) is 2.40. The lowest BCUT2D eigenvalue weighted by Crippen LogP contribution is -2.45. The molecule has 0 radical (unpaired) electrons. The van der Waals surface area contributed by atoms with E-state index in [4.69, 9.17) is 0 Å². The minimum atomic E-state index is 0.744. The topological polar surface area (TPSA) is 15.3 Å². The molecule has 2 heteroatoms. The normalized spacial score (nSPS) is 28.3. The molecule has 0 spiro atoms. The number of piperidine rings is 1. The van der Waals surface area contributed by atoms with Crippen molar-refractivity contribution in [3.8, 4) is 0 Å². The van der Waals surface area contributed by atoms with Gasteiger partial charge in [0.1, 0.15) is 0 Å². The van der Waals surface area contributed by atoms with E-state index in [9.17, 15) is 0 Å². The van der Waals surface area contributed by atoms with Crippen LogP contribution in [0.4, 0.5) is 0 Å². The lowest BCUT2D eigenvalue weighted by Gasteiger charge is -2.33. The molecule has 1 fully saturated rings. The highest BCUT2D eigenvalue weighted by atomic mass is 15.1. The van der Waals surface area contributed by atoms with E-state index in [1.807, 2.05) is 0 Å². The molecule has 1 aliphatic rings. The molecular formula is C12H26N2. The van der Waals surface area contributed by atoms with Gasteiger partial charge in [-0.2, -0.15) is 0 Å². The van der Waals surface area contributed by atoms with Crippen molar-refractivity contribution in [1.82, 2.24) is 10.2 Å². The molecule has 14 heavy (non-hydrogen) atoms. The molecule has 0 saturated carbocycles. The highest BCUT2D eigenvalue weighted by Crippen LogP contribution is 2.19. The first-order valence-electron chi connectivity index (χ1n) is 6.25. The van der Waals surface area contributed by atoms with Crippen LogP contribution in [0.5, 0.6) is 0 Å². The lowest BCUT2D eigenvalue weighted by molar-refractivity contribution is 0.212. The van der Waals surface area contributed by atoms with E-state index in [0.29, 0.717) is 0 Å². The van der Waals surface area contributed by atoms with Crippen molar-refractivity contribution >= 4 is 0 Å². The molecule has 2 nitrogen and oxygen atoms in total. The summed E-state index contributed by atoms with van der Waals surface area (Å²) in [7, 11) is 0. The monoisotopic (exact) mass is 198 g/mol. The Kier molecular flexibility index (Phi) is 5.49. The summed E-state index contributed by atoms with van der Waals surface area (Å²) >= 11 is 0. The average molecular weight is 198 g/mol. The van der Waals surface area contributed by atoms with E-state index in [-0.39, 0.29) is 0 Å². The smallest absolute Gasteiger partial charge is 0.0197 e. The van der Waals surface area contributed by atoms with E-state index in [1.165, 1.54) is 45.4 Å². The maximum atomic E-state index is 3.64. The van der Waals surface area contributed by atoms with E-state index < -0.39 is 0 Å². The Morgan fingerprint density at radius 1 is 1.21 bits per heavy atom. The number of hydrogen-bond donors (Lipinski definition) is 1. The minimum absolute atomic E-state index is 0.744. The van der Waals surface area contributed by atoms with Gasteiger partial charge >= 0.3 is 0 Å². The molecule has 0 aromatic carbocycles. The van der Waals surface area contributed by atoms with Crippen molar-refractivity contribution in [2.24, 2.45) is 5.92 Å². The zero-order valence-electron chi connectivity index (χ0n) is 10.1. The van der Waals surface area contributed by atoms with Gasteiger partial charge in [0.15, 0.2) is 0 Å². The average Bonchev–Trinajstić information content (AvgIpc) is 2.26. The molecule has 0 aliphatic carbocycles. The van der Waals surface area contributed by atoms with Crippen LogP contribution >= 0.6 is 0 Å². The van der Waals surface area contributed by atoms with E-state index in [0.717, 1.165) is 12.0 Å². The summed E-state index contributed by atoms with van der Waals surface area (Å²) in [6.45, 7) is 11.7. The minimum Gasteiger partial charge on any atom is -0.313 e. The third kappa shape index (κ3) is 3.58. The van der Waals surface area contributed by atoms with Crippen LogP contribution in [0.3, 0.4) is 0 Å². The molecule has 0 amide bonds. The van der Waals surface area contributed by atoms with Gasteiger partial charge in [-0.3, -0.25) is 0 Å². The zero-order valence-corrected chi connectivity index (χ0v) is 10.1. The Morgan fingerprint density at radius 3 is 2.50 bits per heavy atom. The summed E-state index contributed by atoms with van der Waals surface area (Å²) in [4.78, 5) is 2.52. The van der Waals surface area contributed by atoms with Crippen molar-refractivity contribution in [3.63, 3.8) is 0 Å². The highest BCUT2D eigenvalue weighted by molar-refractivity contribution is 4.80. The van der Waals surface area contributed by atoms with Crippen LogP contribution in [0, 0.1) is 5.92 Å². The van der Waals surface area contributed by atoms with Gasteiger partial charge in [-0.1, -0.05) is 27.2 Å². The molecule has 2 unspecified atom stereocenters. The zero-order chi connectivity index (χ0) is 10.4. The van der Waals surface area contributed by atoms with Gasteiger partial charge in [-0.25, -0.2) is 0 Å². The number of nitrogens with zero attached hydrogens (tertiary/aromatic N) is 1. The van der Waals surface area contributed by atoms with Crippen LogP contribution in [0.25, 0.3) is 0 Å². The van der Waals surface area contributed by atoms with E-state index in [1.54, 1.807) is 0 Å². The van der Waals surface area contributed by atoms with Gasteiger partial charge in [0.2, 0.25) is 0 Å². The molecular weight excluding hydrogens is 172 g/mol. The Morgan fingerprint density at radius 2 is 1.93 bits per heavy atom. The fraction of sp³-hybridized carbons (Fsp3) is 1.00. The van der Waals surface area contributed by atoms with Crippen molar-refractivity contribution in [3.05, 3.63) is 0 Å². The van der Waals surface area contributed by atoms with Crippen LogP contribution in [0.2, 0.25) is 0 Å². The first-order valence-corrected chi connectivity index (χ1v) is 6.25. The van der Waals surface area contributed by atoms with Gasteiger partial charge in [0, 0.05) is 12.6 Å². The van der Waals surface area contributed by atoms with Crippen LogP contribution in [0.1, 0.15) is 40.0 Å². The van der Waals surface area contributed by atoms with Gasteiger partial charge in [0.05, 0.1) is 0 Å². The SMILES string of the molecule is CCC1CCNC(CN(CC)CC)C1. The Labute approximate surface area is 89.1 Å². The van der Waals surface area contributed by atoms with Gasteiger partial charge in [-0.05, 0) is 38.4 Å². The molecule has 1 rings (SSSR count). The van der Waals surface area contributed by atoms with Gasteiger partial charge in [0.25, 0.3) is 0 Å². The molecule has 0 aromatic heterocycles. The van der Waals surface area contributed by atoms with Crippen molar-refractivity contribution < 1.29 is 0 Å². The van der Waals surface area contributed by atoms with E-state index in [2.05, 4.69) is 31.0 Å². The van der Waals surface area contributed by atoms with Crippen molar-refractivity contribution in [1.29, 1.82) is 0 Å². The summed E-state index contributed by atoms with van der Waals surface area (Å²) in [5, 5.41) is 3.64. The molecule has 0 bridgehead atoms. The Balaban J connectivity index is 2.29. The maximum absolute atomic E-state index is 3.64. The predicted molar refractivity (Wildman–Crippen MR) is 62.6 cm³/mol. The largest absolute Gasteiger partial charge is 0.313 e. The molecule has 84 valence electrons. The molecule has 1 N–H and O–H groups in total. The summed E-state index contributed by atoms with van der Waals surface area (Å²) in [5.41, 5.74) is 0. The number of likely N-dealkylation sites (N-methyl/N-ethyl adjacent to an activating group) is 1. The second kappa shape index (κ2) is 6.41. The number of rotatable bonds is 5. The van der Waals surface area contributed by atoms with Crippen molar-refractivity contribution in [2.45, 2.75) is 46.1 Å². The number of nitrogens with one attached hydrogen (secondary N) is 1. The summed E-state index contributed by atoms with van der Waals surface area (Å²) in [6, 6.07) is 0.744. The second-order valence-corrected chi connectivity index (χ2v) is 4.44.